The number of hydrogen-bond acceptors (Lipinski definition) is 4. The molecule has 1 unspecified atom stereocenters. The van der Waals surface area contributed by atoms with Gasteiger partial charge < -0.3 is 9.88 Å². The van der Waals surface area contributed by atoms with Crippen LogP contribution in [0.2, 0.25) is 0 Å². The van der Waals surface area contributed by atoms with Crippen molar-refractivity contribution in [3.8, 4) is 0 Å². The van der Waals surface area contributed by atoms with E-state index in [1.54, 1.807) is 18.3 Å². The van der Waals surface area contributed by atoms with Crippen LogP contribution >= 0.6 is 0 Å². The Morgan fingerprint density at radius 1 is 1.35 bits per heavy atom. The van der Waals surface area contributed by atoms with E-state index in [0.717, 1.165) is 11.4 Å². The number of primary sulfonamides is 1. The van der Waals surface area contributed by atoms with Gasteiger partial charge in [0.25, 0.3) is 0 Å². The highest BCUT2D eigenvalue weighted by Gasteiger charge is 2.10. The Morgan fingerprint density at radius 3 is 2.50 bits per heavy atom. The standard InChI is InChI=1S/C13H18N4O2S/c1-10(16-9-13-15-7-8-17(13)2)11-3-5-12(6-4-11)20(14,18)19/h3-8,10,16H,9H2,1-2H3,(H2,14,18,19). The maximum atomic E-state index is 11.2. The number of benzene rings is 1. The first-order valence-corrected chi connectivity index (χ1v) is 7.75. The van der Waals surface area contributed by atoms with Gasteiger partial charge >= 0.3 is 0 Å². The zero-order valence-electron chi connectivity index (χ0n) is 11.4. The smallest absolute Gasteiger partial charge is 0.238 e. The number of aromatic nitrogens is 2. The Morgan fingerprint density at radius 2 is 2.00 bits per heavy atom. The molecule has 0 aliphatic rings. The summed E-state index contributed by atoms with van der Waals surface area (Å²) in [6.45, 7) is 2.65. The predicted molar refractivity (Wildman–Crippen MR) is 76.3 cm³/mol. The van der Waals surface area contributed by atoms with E-state index >= 15 is 0 Å². The van der Waals surface area contributed by atoms with E-state index < -0.39 is 10.0 Å². The van der Waals surface area contributed by atoms with Crippen molar-refractivity contribution in [1.82, 2.24) is 14.9 Å². The summed E-state index contributed by atoms with van der Waals surface area (Å²) in [6.07, 6.45) is 3.64. The van der Waals surface area contributed by atoms with E-state index in [-0.39, 0.29) is 10.9 Å². The van der Waals surface area contributed by atoms with Crippen molar-refractivity contribution in [2.24, 2.45) is 12.2 Å². The van der Waals surface area contributed by atoms with Crippen molar-refractivity contribution in [3.63, 3.8) is 0 Å². The molecular formula is C13H18N4O2S. The quantitative estimate of drug-likeness (QED) is 0.858. The minimum Gasteiger partial charge on any atom is -0.337 e. The monoisotopic (exact) mass is 294 g/mol. The first-order valence-electron chi connectivity index (χ1n) is 6.20. The molecule has 0 aliphatic carbocycles. The summed E-state index contributed by atoms with van der Waals surface area (Å²) in [6, 6.07) is 6.64. The molecule has 0 saturated heterocycles. The minimum absolute atomic E-state index is 0.0845. The lowest BCUT2D eigenvalue weighted by atomic mass is 10.1. The van der Waals surface area contributed by atoms with E-state index in [1.807, 2.05) is 24.7 Å². The Balaban J connectivity index is 2.03. The normalized spacial score (nSPS) is 13.3. The van der Waals surface area contributed by atoms with Crippen LogP contribution in [0.15, 0.2) is 41.6 Å². The number of aryl methyl sites for hydroxylation is 1. The lowest BCUT2D eigenvalue weighted by Crippen LogP contribution is -2.20. The zero-order valence-corrected chi connectivity index (χ0v) is 12.3. The molecule has 2 aromatic rings. The molecule has 0 radical (unpaired) electrons. The fraction of sp³-hybridized carbons (Fsp3) is 0.308. The van der Waals surface area contributed by atoms with Crippen LogP contribution in [-0.2, 0) is 23.6 Å². The van der Waals surface area contributed by atoms with Gasteiger partial charge in [-0.1, -0.05) is 12.1 Å². The number of hydrogen-bond donors (Lipinski definition) is 2. The van der Waals surface area contributed by atoms with Crippen LogP contribution in [0.4, 0.5) is 0 Å². The molecule has 2 rings (SSSR count). The summed E-state index contributed by atoms with van der Waals surface area (Å²) < 4.78 is 24.3. The van der Waals surface area contributed by atoms with E-state index in [4.69, 9.17) is 5.14 Å². The van der Waals surface area contributed by atoms with Gasteiger partial charge in [-0.05, 0) is 24.6 Å². The third-order valence-corrected chi connectivity index (χ3v) is 4.13. The lowest BCUT2D eigenvalue weighted by molar-refractivity contribution is 0.549. The molecule has 0 fully saturated rings. The first kappa shape index (κ1) is 14.7. The average Bonchev–Trinajstić information content (AvgIpc) is 2.81. The maximum absolute atomic E-state index is 11.2. The van der Waals surface area contributed by atoms with Gasteiger partial charge in [0, 0.05) is 25.5 Å². The minimum atomic E-state index is -3.63. The van der Waals surface area contributed by atoms with Gasteiger partial charge in [-0.2, -0.15) is 0 Å². The van der Waals surface area contributed by atoms with Gasteiger partial charge in [0.05, 0.1) is 11.4 Å². The second-order valence-corrected chi connectivity index (χ2v) is 6.23. The highest BCUT2D eigenvalue weighted by atomic mass is 32.2. The molecular weight excluding hydrogens is 276 g/mol. The largest absolute Gasteiger partial charge is 0.337 e. The van der Waals surface area contributed by atoms with Gasteiger partial charge in [0.15, 0.2) is 0 Å². The van der Waals surface area contributed by atoms with Crippen LogP contribution in [0.3, 0.4) is 0 Å². The topological polar surface area (TPSA) is 90.0 Å². The highest BCUT2D eigenvalue weighted by molar-refractivity contribution is 7.89. The molecule has 1 aromatic heterocycles. The third kappa shape index (κ3) is 3.44. The van der Waals surface area contributed by atoms with Crippen LogP contribution in [0, 0.1) is 0 Å². The summed E-state index contributed by atoms with van der Waals surface area (Å²) in [5, 5.41) is 8.40. The zero-order chi connectivity index (χ0) is 14.8. The van der Waals surface area contributed by atoms with E-state index in [2.05, 4.69) is 10.3 Å². The molecule has 3 N–H and O–H groups in total. The Hall–Kier alpha value is -1.70. The van der Waals surface area contributed by atoms with Crippen molar-refractivity contribution >= 4 is 10.0 Å². The first-order chi connectivity index (χ1) is 9.38. The van der Waals surface area contributed by atoms with Gasteiger partial charge in [-0.3, -0.25) is 0 Å². The van der Waals surface area contributed by atoms with Crippen molar-refractivity contribution in [3.05, 3.63) is 48.0 Å². The number of rotatable bonds is 5. The second-order valence-electron chi connectivity index (χ2n) is 4.67. The van der Waals surface area contributed by atoms with Crippen LogP contribution in [0.1, 0.15) is 24.4 Å². The summed E-state index contributed by atoms with van der Waals surface area (Å²) >= 11 is 0. The number of nitrogens with two attached hydrogens (primary N) is 1. The second kappa shape index (κ2) is 5.74. The van der Waals surface area contributed by atoms with Crippen LogP contribution in [-0.4, -0.2) is 18.0 Å². The molecule has 1 atom stereocenters. The number of nitrogens with one attached hydrogen (secondary N) is 1. The highest BCUT2D eigenvalue weighted by Crippen LogP contribution is 2.15. The molecule has 0 amide bonds. The summed E-state index contributed by atoms with van der Waals surface area (Å²) in [4.78, 5) is 4.36. The number of nitrogens with zero attached hydrogens (tertiary/aromatic N) is 2. The molecule has 6 nitrogen and oxygen atoms in total. The fourth-order valence-electron chi connectivity index (χ4n) is 1.88. The molecule has 0 saturated carbocycles. The molecule has 0 bridgehead atoms. The molecule has 7 heteroatoms. The van der Waals surface area contributed by atoms with Gasteiger partial charge in [0.1, 0.15) is 5.82 Å². The van der Waals surface area contributed by atoms with Gasteiger partial charge in [-0.25, -0.2) is 18.5 Å². The van der Waals surface area contributed by atoms with Crippen molar-refractivity contribution in [1.29, 1.82) is 0 Å². The van der Waals surface area contributed by atoms with Crippen molar-refractivity contribution < 1.29 is 8.42 Å². The van der Waals surface area contributed by atoms with Crippen molar-refractivity contribution in [2.75, 3.05) is 0 Å². The lowest BCUT2D eigenvalue weighted by Gasteiger charge is -2.14. The van der Waals surface area contributed by atoms with Gasteiger partial charge in [0.2, 0.25) is 10.0 Å². The predicted octanol–water partition coefficient (Wildman–Crippen LogP) is 0.918. The summed E-state index contributed by atoms with van der Waals surface area (Å²) in [7, 11) is -1.69. The molecule has 0 aliphatic heterocycles. The fourth-order valence-corrected chi connectivity index (χ4v) is 2.39. The average molecular weight is 294 g/mol. The van der Waals surface area contributed by atoms with E-state index in [9.17, 15) is 8.42 Å². The van der Waals surface area contributed by atoms with Crippen LogP contribution in [0.5, 0.6) is 0 Å². The molecule has 20 heavy (non-hydrogen) atoms. The SMILES string of the molecule is CC(NCc1nccn1C)c1ccc(S(N)(=O)=O)cc1. The summed E-state index contributed by atoms with van der Waals surface area (Å²) in [5.74, 6) is 0.943. The van der Waals surface area contributed by atoms with Gasteiger partial charge in [-0.15, -0.1) is 0 Å². The van der Waals surface area contributed by atoms with E-state index in [0.29, 0.717) is 6.54 Å². The van der Waals surface area contributed by atoms with Crippen molar-refractivity contribution in [2.45, 2.75) is 24.4 Å². The summed E-state index contributed by atoms with van der Waals surface area (Å²) in [5.41, 5.74) is 0.992. The van der Waals surface area contributed by atoms with Crippen LogP contribution < -0.4 is 10.5 Å². The third-order valence-electron chi connectivity index (χ3n) is 3.20. The Labute approximate surface area is 118 Å². The number of sulfonamides is 1. The molecule has 1 aromatic carbocycles. The Bertz CT molecular complexity index is 677. The molecule has 1 heterocycles. The maximum Gasteiger partial charge on any atom is 0.238 e. The molecule has 108 valence electrons. The Kier molecular flexibility index (Phi) is 4.22. The van der Waals surface area contributed by atoms with Crippen LogP contribution in [0.25, 0.3) is 0 Å². The number of imidazole rings is 1. The molecule has 0 spiro atoms. The van der Waals surface area contributed by atoms with E-state index in [1.165, 1.54) is 12.1 Å².